The number of ether oxygens (including phenoxy) is 2. The number of carbonyl (C=O) groups excluding carboxylic acids is 4. The number of hydrogen-bond acceptors (Lipinski definition) is 14. The van der Waals surface area contributed by atoms with Crippen molar-refractivity contribution in [1.82, 2.24) is 8.61 Å². The topological polar surface area (TPSA) is 136 Å². The maximum atomic E-state index is 11.9. The Labute approximate surface area is 190 Å². The molecule has 0 rings (SSSR count). The van der Waals surface area contributed by atoms with Crippen LogP contribution in [0.15, 0.2) is 10.3 Å². The van der Waals surface area contributed by atoms with E-state index in [-0.39, 0.29) is 23.3 Å². The zero-order chi connectivity index (χ0) is 23.1. The molecule has 0 aromatic heterocycles. The Bertz CT molecular complexity index is 620. The highest BCUT2D eigenvalue weighted by molar-refractivity contribution is 8.75. The third-order valence-corrected chi connectivity index (χ3v) is 6.08. The Morgan fingerprint density at radius 2 is 1.07 bits per heavy atom. The molecule has 0 saturated heterocycles. The fourth-order valence-electron chi connectivity index (χ4n) is 1.14. The van der Waals surface area contributed by atoms with Gasteiger partial charge in [-0.2, -0.15) is 0 Å². The first kappa shape index (κ1) is 28.2. The first-order valence-electron chi connectivity index (χ1n) is 8.04. The van der Waals surface area contributed by atoms with Gasteiger partial charge in [-0.3, -0.25) is 9.68 Å². The predicted molar refractivity (Wildman–Crippen MR) is 119 cm³/mol. The Hall–Kier alpha value is -1.78. The summed E-state index contributed by atoms with van der Waals surface area (Å²) in [6.45, 7) is 3.58. The molecule has 0 heterocycles. The molecule has 0 aliphatic carbocycles. The van der Waals surface area contributed by atoms with Gasteiger partial charge in [-0.15, -0.1) is 0 Å². The van der Waals surface area contributed by atoms with E-state index in [2.05, 4.69) is 20.0 Å². The lowest BCUT2D eigenvalue weighted by atomic mass is 10.7. The summed E-state index contributed by atoms with van der Waals surface area (Å²) in [5.41, 5.74) is 0. The molecule has 170 valence electrons. The van der Waals surface area contributed by atoms with E-state index in [4.69, 9.17) is 9.47 Å². The van der Waals surface area contributed by atoms with Crippen LogP contribution in [0.1, 0.15) is 13.8 Å². The van der Waals surface area contributed by atoms with Crippen LogP contribution in [0.25, 0.3) is 0 Å². The van der Waals surface area contributed by atoms with Gasteiger partial charge < -0.3 is 9.47 Å². The molecule has 2 amide bonds. The normalized spacial score (nSPS) is 11.4. The fraction of sp³-hybridized carbons (Fsp3) is 0.571. The van der Waals surface area contributed by atoms with Crippen LogP contribution >= 0.6 is 45.5 Å². The van der Waals surface area contributed by atoms with Crippen LogP contribution < -0.4 is 0 Å². The minimum absolute atomic E-state index is 0.124. The maximum Gasteiger partial charge on any atom is 0.446 e. The van der Waals surface area contributed by atoms with Crippen LogP contribution in [0.2, 0.25) is 0 Å². The van der Waals surface area contributed by atoms with Gasteiger partial charge in [0.05, 0.1) is 13.2 Å². The van der Waals surface area contributed by atoms with Crippen LogP contribution in [-0.2, 0) is 28.7 Å². The van der Waals surface area contributed by atoms with Gasteiger partial charge in [0, 0.05) is 36.1 Å². The van der Waals surface area contributed by atoms with Crippen molar-refractivity contribution in [3.8, 4) is 0 Å². The third kappa shape index (κ3) is 10.8. The molecule has 0 bridgehead atoms. The maximum absolute atomic E-state index is 11.9. The molecular formula is C14H22N4O8S4. The summed E-state index contributed by atoms with van der Waals surface area (Å²) in [4.78, 5) is 56.3. The Kier molecular flexibility index (Phi) is 15.0. The van der Waals surface area contributed by atoms with Crippen LogP contribution in [-0.4, -0.2) is 82.6 Å². The lowest BCUT2D eigenvalue weighted by Crippen LogP contribution is -2.23. The highest BCUT2D eigenvalue weighted by Crippen LogP contribution is 2.28. The second-order valence-electron chi connectivity index (χ2n) is 4.50. The highest BCUT2D eigenvalue weighted by atomic mass is 33.1. The lowest BCUT2D eigenvalue weighted by molar-refractivity contribution is -0.135. The summed E-state index contributed by atoms with van der Waals surface area (Å²) >= 11 is 1.92. The molecule has 0 aromatic rings. The monoisotopic (exact) mass is 502 g/mol. The van der Waals surface area contributed by atoms with E-state index in [9.17, 15) is 19.2 Å². The quantitative estimate of drug-likeness (QED) is 0.0962. The zero-order valence-electron chi connectivity index (χ0n) is 17.1. The number of rotatable bonds is 7. The van der Waals surface area contributed by atoms with E-state index in [1.807, 2.05) is 0 Å². The molecule has 16 heteroatoms. The standard InChI is InChI=1S/C14H22N4O8S4/c1-7-23-11(19)9(27-5)15-25-13(21)17(3)29-30-18(4)14(22)26-16-10(28-6)12(20)24-8-2/h7-8H2,1-6H3. The van der Waals surface area contributed by atoms with Crippen LogP contribution in [0.4, 0.5) is 9.59 Å². The molecule has 12 nitrogen and oxygen atoms in total. The molecule has 0 N–H and O–H groups in total. The van der Waals surface area contributed by atoms with Crippen molar-refractivity contribution in [3.63, 3.8) is 0 Å². The summed E-state index contributed by atoms with van der Waals surface area (Å²) in [6.07, 6.45) is 1.36. The number of carbonyl (C=O) groups is 4. The summed E-state index contributed by atoms with van der Waals surface area (Å²) in [5, 5.41) is 6.66. The molecule has 0 radical (unpaired) electrons. The molecular weight excluding hydrogens is 480 g/mol. The van der Waals surface area contributed by atoms with E-state index in [1.165, 1.54) is 14.1 Å². The first-order chi connectivity index (χ1) is 14.2. The van der Waals surface area contributed by atoms with Crippen molar-refractivity contribution in [2.24, 2.45) is 10.3 Å². The molecule has 0 spiro atoms. The van der Waals surface area contributed by atoms with Crippen LogP contribution in [0.3, 0.4) is 0 Å². The van der Waals surface area contributed by atoms with Crippen molar-refractivity contribution in [3.05, 3.63) is 0 Å². The molecule has 0 aliphatic rings. The summed E-state index contributed by atoms with van der Waals surface area (Å²) < 4.78 is 11.6. The molecule has 0 unspecified atom stereocenters. The Morgan fingerprint density at radius 1 is 0.733 bits per heavy atom. The van der Waals surface area contributed by atoms with E-state index in [0.29, 0.717) is 0 Å². The first-order valence-corrected chi connectivity index (χ1v) is 12.5. The SMILES string of the molecule is CCOC(=O)C(=NOC(=O)N(C)SSN(C)C(=O)ON=C(SC)C(=O)OCC)SC. The Balaban J connectivity index is 4.62. The van der Waals surface area contributed by atoms with Crippen molar-refractivity contribution in [2.45, 2.75) is 13.8 Å². The average molecular weight is 503 g/mol. The minimum atomic E-state index is -0.893. The number of amides is 2. The van der Waals surface area contributed by atoms with Gasteiger partial charge >= 0.3 is 24.1 Å². The van der Waals surface area contributed by atoms with E-state index in [0.717, 1.165) is 54.1 Å². The second-order valence-corrected chi connectivity index (χ2v) is 8.38. The van der Waals surface area contributed by atoms with Gasteiger partial charge in [0.1, 0.15) is 0 Å². The van der Waals surface area contributed by atoms with E-state index >= 15 is 0 Å². The third-order valence-electron chi connectivity index (χ3n) is 2.47. The van der Waals surface area contributed by atoms with Gasteiger partial charge in [0.2, 0.25) is 10.1 Å². The zero-order valence-corrected chi connectivity index (χ0v) is 20.4. The van der Waals surface area contributed by atoms with Crippen molar-refractivity contribution in [1.29, 1.82) is 0 Å². The average Bonchev–Trinajstić information content (AvgIpc) is 2.72. The molecule has 0 aromatic carbocycles. The summed E-state index contributed by atoms with van der Waals surface area (Å²) in [7, 11) is 4.36. The van der Waals surface area contributed by atoms with Crippen molar-refractivity contribution in [2.75, 3.05) is 39.8 Å². The number of thioether (sulfide) groups is 2. The highest BCUT2D eigenvalue weighted by Gasteiger charge is 2.20. The predicted octanol–water partition coefficient (Wildman–Crippen LogP) is 2.81. The molecule has 0 aliphatic heterocycles. The Morgan fingerprint density at radius 3 is 1.33 bits per heavy atom. The van der Waals surface area contributed by atoms with Gasteiger partial charge in [-0.1, -0.05) is 33.8 Å². The number of esters is 2. The molecule has 0 fully saturated rings. The number of nitrogens with zero attached hydrogens (tertiary/aromatic N) is 4. The summed E-state index contributed by atoms with van der Waals surface area (Å²) in [5.74, 6) is -1.42. The van der Waals surface area contributed by atoms with Gasteiger partial charge in [-0.05, 0) is 26.4 Å². The second kappa shape index (κ2) is 16.0. The summed E-state index contributed by atoms with van der Waals surface area (Å²) in [6, 6.07) is 0. The number of hydrogen-bond donors (Lipinski definition) is 0. The molecule has 30 heavy (non-hydrogen) atoms. The number of oxime groups is 2. The van der Waals surface area contributed by atoms with Gasteiger partial charge in [0.15, 0.2) is 0 Å². The lowest BCUT2D eigenvalue weighted by Gasteiger charge is -2.16. The van der Waals surface area contributed by atoms with Gasteiger partial charge in [0.25, 0.3) is 0 Å². The van der Waals surface area contributed by atoms with Crippen molar-refractivity contribution < 1.29 is 38.3 Å². The van der Waals surface area contributed by atoms with Crippen LogP contribution in [0.5, 0.6) is 0 Å². The van der Waals surface area contributed by atoms with E-state index < -0.39 is 24.1 Å². The largest absolute Gasteiger partial charge is 0.461 e. The van der Waals surface area contributed by atoms with E-state index in [1.54, 1.807) is 26.4 Å². The molecule has 0 saturated carbocycles. The minimum Gasteiger partial charge on any atom is -0.461 e. The van der Waals surface area contributed by atoms with Crippen LogP contribution in [0, 0.1) is 0 Å². The fourth-order valence-corrected chi connectivity index (χ4v) is 3.17. The van der Waals surface area contributed by atoms with Gasteiger partial charge in [-0.25, -0.2) is 27.8 Å². The smallest absolute Gasteiger partial charge is 0.446 e. The molecule has 0 atom stereocenters. The van der Waals surface area contributed by atoms with Crippen molar-refractivity contribution >= 4 is 79.7 Å².